The zero-order valence-corrected chi connectivity index (χ0v) is 19.4. The lowest BCUT2D eigenvalue weighted by Gasteiger charge is -2.11. The summed E-state index contributed by atoms with van der Waals surface area (Å²) in [6.07, 6.45) is 0.983. The third-order valence-corrected chi connectivity index (χ3v) is 6.39. The van der Waals surface area contributed by atoms with E-state index in [0.29, 0.717) is 5.75 Å². The van der Waals surface area contributed by atoms with Gasteiger partial charge < -0.3 is 4.57 Å². The van der Waals surface area contributed by atoms with Gasteiger partial charge in [0.2, 0.25) is 0 Å². The molecular weight excluding hydrogens is 432 g/mol. The minimum absolute atomic E-state index is 0.636. The van der Waals surface area contributed by atoms with Crippen molar-refractivity contribution in [1.29, 1.82) is 0 Å². The number of aryl methyl sites for hydroxylation is 1. The molecule has 3 aromatic heterocycles. The van der Waals surface area contributed by atoms with Gasteiger partial charge in [-0.3, -0.25) is 0 Å². The topological polar surface area (TPSA) is 87.2 Å². The van der Waals surface area contributed by atoms with Gasteiger partial charge in [-0.05, 0) is 35.9 Å². The van der Waals surface area contributed by atoms with Gasteiger partial charge in [-0.1, -0.05) is 67.2 Å². The van der Waals surface area contributed by atoms with Gasteiger partial charge in [-0.15, -0.1) is 15.3 Å². The van der Waals surface area contributed by atoms with Gasteiger partial charge in [0.25, 0.3) is 0 Å². The molecule has 0 aliphatic carbocycles. The van der Waals surface area contributed by atoms with Crippen molar-refractivity contribution in [3.05, 3.63) is 66.5 Å². The largest absolute Gasteiger partial charge is 0.302 e. The van der Waals surface area contributed by atoms with Crippen LogP contribution in [0.1, 0.15) is 26.1 Å². The van der Waals surface area contributed by atoms with E-state index in [1.807, 2.05) is 41.1 Å². The van der Waals surface area contributed by atoms with E-state index in [1.54, 1.807) is 11.8 Å². The molecule has 0 spiro atoms. The van der Waals surface area contributed by atoms with E-state index in [9.17, 15) is 0 Å². The Labute approximate surface area is 196 Å². The second kappa shape index (κ2) is 9.50. The van der Waals surface area contributed by atoms with Crippen molar-refractivity contribution in [2.24, 2.45) is 0 Å². The van der Waals surface area contributed by atoms with E-state index in [0.717, 1.165) is 64.0 Å². The van der Waals surface area contributed by atoms with Gasteiger partial charge in [0.05, 0.1) is 17.0 Å². The molecule has 0 fully saturated rings. The third kappa shape index (κ3) is 4.23. The molecule has 5 rings (SSSR count). The molecule has 0 atom stereocenters. The Kier molecular flexibility index (Phi) is 6.12. The van der Waals surface area contributed by atoms with Gasteiger partial charge in [0.1, 0.15) is 0 Å². The normalized spacial score (nSPS) is 11.3. The molecule has 0 saturated heterocycles. The molecule has 3 heterocycles. The van der Waals surface area contributed by atoms with Crippen LogP contribution in [0.3, 0.4) is 0 Å². The van der Waals surface area contributed by atoms with Crippen molar-refractivity contribution in [2.45, 2.75) is 44.3 Å². The van der Waals surface area contributed by atoms with Crippen LogP contribution in [-0.4, -0.2) is 40.0 Å². The lowest BCUT2D eigenvalue weighted by atomic mass is 10.0. The first-order chi connectivity index (χ1) is 16.3. The van der Waals surface area contributed by atoms with Gasteiger partial charge in [0.15, 0.2) is 16.8 Å². The molecular formula is C24H24N8S. The van der Waals surface area contributed by atoms with E-state index in [1.165, 1.54) is 0 Å². The maximum absolute atomic E-state index is 4.90. The van der Waals surface area contributed by atoms with Gasteiger partial charge in [0, 0.05) is 29.6 Å². The summed E-state index contributed by atoms with van der Waals surface area (Å²) in [4.78, 5) is 4.90. The predicted octanol–water partition coefficient (Wildman–Crippen LogP) is 4.87. The molecule has 0 aliphatic rings. The van der Waals surface area contributed by atoms with Gasteiger partial charge in [-0.25, -0.2) is 9.67 Å². The number of rotatable bonds is 8. The summed E-state index contributed by atoms with van der Waals surface area (Å²) < 4.78 is 4.00. The lowest BCUT2D eigenvalue weighted by molar-refractivity contribution is 0.564. The highest BCUT2D eigenvalue weighted by molar-refractivity contribution is 7.98. The third-order valence-electron chi connectivity index (χ3n) is 5.43. The highest BCUT2D eigenvalue weighted by Crippen LogP contribution is 2.33. The fraction of sp³-hybridized carbons (Fsp3) is 0.250. The van der Waals surface area contributed by atoms with Crippen molar-refractivity contribution in [1.82, 2.24) is 40.0 Å². The fourth-order valence-corrected chi connectivity index (χ4v) is 4.77. The number of benzene rings is 2. The van der Waals surface area contributed by atoms with Gasteiger partial charge >= 0.3 is 0 Å². The number of thioether (sulfide) groups is 1. The Morgan fingerprint density at radius 1 is 0.909 bits per heavy atom. The number of para-hydroxylation sites is 1. The van der Waals surface area contributed by atoms with Crippen molar-refractivity contribution in [2.75, 3.05) is 0 Å². The van der Waals surface area contributed by atoms with Crippen LogP contribution >= 0.6 is 11.8 Å². The van der Waals surface area contributed by atoms with Crippen LogP contribution in [0, 0.1) is 0 Å². The first-order valence-electron chi connectivity index (χ1n) is 11.0. The predicted molar refractivity (Wildman–Crippen MR) is 130 cm³/mol. The number of hydrogen-bond donors (Lipinski definition) is 0. The number of tetrazole rings is 1. The monoisotopic (exact) mass is 456 g/mol. The molecule has 0 saturated carbocycles. The molecule has 9 heteroatoms. The van der Waals surface area contributed by atoms with E-state index in [2.05, 4.69) is 68.4 Å². The Morgan fingerprint density at radius 3 is 2.55 bits per heavy atom. The van der Waals surface area contributed by atoms with Crippen LogP contribution < -0.4 is 0 Å². The smallest absolute Gasteiger partial charge is 0.191 e. The lowest BCUT2D eigenvalue weighted by Crippen LogP contribution is -2.05. The van der Waals surface area contributed by atoms with Gasteiger partial charge in [-0.2, -0.15) is 0 Å². The Hall–Kier alpha value is -3.59. The molecule has 0 bridgehead atoms. The van der Waals surface area contributed by atoms with E-state index < -0.39 is 0 Å². The molecule has 33 heavy (non-hydrogen) atoms. The molecule has 5 aromatic rings. The summed E-state index contributed by atoms with van der Waals surface area (Å²) in [7, 11) is 0. The van der Waals surface area contributed by atoms with Crippen LogP contribution in [0.2, 0.25) is 0 Å². The molecule has 8 nitrogen and oxygen atoms in total. The molecule has 0 aliphatic heterocycles. The van der Waals surface area contributed by atoms with Crippen LogP contribution in [0.5, 0.6) is 0 Å². The summed E-state index contributed by atoms with van der Waals surface area (Å²) in [5, 5.41) is 23.1. The zero-order chi connectivity index (χ0) is 22.6. The van der Waals surface area contributed by atoms with Crippen molar-refractivity contribution in [3.8, 4) is 22.6 Å². The van der Waals surface area contributed by atoms with E-state index in [4.69, 9.17) is 4.98 Å². The fourth-order valence-electron chi connectivity index (χ4n) is 3.84. The maximum atomic E-state index is 4.90. The first-order valence-corrected chi connectivity index (χ1v) is 12.0. The average Bonchev–Trinajstić information content (AvgIpc) is 3.49. The van der Waals surface area contributed by atoms with Crippen LogP contribution in [0.4, 0.5) is 0 Å². The summed E-state index contributed by atoms with van der Waals surface area (Å²) in [5.41, 5.74) is 3.95. The second-order valence-corrected chi connectivity index (χ2v) is 8.54. The standard InChI is InChI=1S/C24H24N8S/c1-3-14-32-22(26-29-30-32)16-33-24-28-27-23(31(24)4-2)19-15-21(17-10-6-5-7-11-17)25-20-13-9-8-12-18(19)20/h5-13,15H,3-4,14,16H2,1-2H3. The Balaban J connectivity index is 1.55. The molecule has 2 aromatic carbocycles. The number of hydrogen-bond acceptors (Lipinski definition) is 7. The van der Waals surface area contributed by atoms with Crippen LogP contribution in [-0.2, 0) is 18.8 Å². The Bertz CT molecular complexity index is 1380. The maximum Gasteiger partial charge on any atom is 0.191 e. The zero-order valence-electron chi connectivity index (χ0n) is 18.6. The first kappa shape index (κ1) is 21.3. The van der Waals surface area contributed by atoms with E-state index >= 15 is 0 Å². The molecule has 0 unspecified atom stereocenters. The number of fused-ring (bicyclic) bond motifs is 1. The summed E-state index contributed by atoms with van der Waals surface area (Å²) in [6.45, 7) is 5.78. The molecule has 166 valence electrons. The Morgan fingerprint density at radius 2 is 1.73 bits per heavy atom. The average molecular weight is 457 g/mol. The molecule has 0 amide bonds. The highest BCUT2D eigenvalue weighted by atomic mass is 32.2. The number of pyridine rings is 1. The SMILES string of the molecule is CCCn1nnnc1CSc1nnc(-c2cc(-c3ccccc3)nc3ccccc23)n1CC. The molecule has 0 radical (unpaired) electrons. The number of aromatic nitrogens is 8. The van der Waals surface area contributed by atoms with E-state index in [-0.39, 0.29) is 0 Å². The minimum atomic E-state index is 0.636. The highest BCUT2D eigenvalue weighted by Gasteiger charge is 2.18. The molecule has 0 N–H and O–H groups in total. The summed E-state index contributed by atoms with van der Waals surface area (Å²) in [6, 6.07) is 20.5. The van der Waals surface area contributed by atoms with Crippen LogP contribution in [0.15, 0.2) is 65.8 Å². The minimum Gasteiger partial charge on any atom is -0.302 e. The van der Waals surface area contributed by atoms with Crippen molar-refractivity contribution < 1.29 is 0 Å². The summed E-state index contributed by atoms with van der Waals surface area (Å²) in [5.74, 6) is 2.32. The van der Waals surface area contributed by atoms with Crippen LogP contribution in [0.25, 0.3) is 33.5 Å². The quantitative estimate of drug-likeness (QED) is 0.308. The second-order valence-electron chi connectivity index (χ2n) is 7.60. The summed E-state index contributed by atoms with van der Waals surface area (Å²) >= 11 is 1.60. The van der Waals surface area contributed by atoms with Crippen molar-refractivity contribution >= 4 is 22.7 Å². The van der Waals surface area contributed by atoms with Crippen molar-refractivity contribution in [3.63, 3.8) is 0 Å². The number of nitrogens with zero attached hydrogens (tertiary/aromatic N) is 8.